The van der Waals surface area contributed by atoms with Crippen molar-refractivity contribution >= 4 is 5.78 Å². The van der Waals surface area contributed by atoms with Gasteiger partial charge in [0.05, 0.1) is 0 Å². The Morgan fingerprint density at radius 1 is 1.20 bits per heavy atom. The van der Waals surface area contributed by atoms with Crippen LogP contribution in [0.3, 0.4) is 0 Å². The highest BCUT2D eigenvalue weighted by molar-refractivity contribution is 5.91. The molecule has 0 N–H and O–H groups in total. The van der Waals surface area contributed by atoms with Gasteiger partial charge in [-0.3, -0.25) is 4.79 Å². The SMILES string of the molecule is CCC1CCC(C2=CC(=O)CCC2)CC1. The molecule has 1 nitrogen and oxygen atoms in total. The van der Waals surface area contributed by atoms with E-state index in [0.717, 1.165) is 24.7 Å². The molecular weight excluding hydrogens is 184 g/mol. The van der Waals surface area contributed by atoms with Crippen LogP contribution >= 0.6 is 0 Å². The third-order valence-corrected chi connectivity index (χ3v) is 4.18. The fourth-order valence-electron chi connectivity index (χ4n) is 3.08. The van der Waals surface area contributed by atoms with E-state index in [9.17, 15) is 4.79 Å². The van der Waals surface area contributed by atoms with Crippen molar-refractivity contribution in [2.45, 2.75) is 58.3 Å². The van der Waals surface area contributed by atoms with Gasteiger partial charge in [-0.15, -0.1) is 0 Å². The van der Waals surface area contributed by atoms with Crippen LogP contribution in [0.5, 0.6) is 0 Å². The van der Waals surface area contributed by atoms with Gasteiger partial charge in [0.15, 0.2) is 5.78 Å². The standard InChI is InChI=1S/C14H22O/c1-2-11-6-8-12(9-7-11)13-4-3-5-14(15)10-13/h10-12H,2-9H2,1H3. The molecule has 1 fully saturated rings. The van der Waals surface area contributed by atoms with E-state index in [-0.39, 0.29) is 0 Å². The van der Waals surface area contributed by atoms with Crippen LogP contribution in [-0.2, 0) is 4.79 Å². The summed E-state index contributed by atoms with van der Waals surface area (Å²) in [6.07, 6.45) is 11.8. The molecule has 1 saturated carbocycles. The van der Waals surface area contributed by atoms with Crippen molar-refractivity contribution in [1.29, 1.82) is 0 Å². The van der Waals surface area contributed by atoms with Gasteiger partial charge in [-0.05, 0) is 56.4 Å². The average Bonchev–Trinajstić information content (AvgIpc) is 2.29. The molecule has 0 amide bonds. The molecule has 0 aliphatic heterocycles. The van der Waals surface area contributed by atoms with E-state index < -0.39 is 0 Å². The second kappa shape index (κ2) is 4.96. The van der Waals surface area contributed by atoms with E-state index in [2.05, 4.69) is 6.92 Å². The Hall–Kier alpha value is -0.590. The smallest absolute Gasteiger partial charge is 0.155 e. The average molecular weight is 206 g/mol. The van der Waals surface area contributed by atoms with Crippen LogP contribution in [0.2, 0.25) is 0 Å². The highest BCUT2D eigenvalue weighted by Crippen LogP contribution is 2.37. The molecule has 84 valence electrons. The number of allylic oxidation sites excluding steroid dienone is 2. The van der Waals surface area contributed by atoms with Crippen molar-refractivity contribution < 1.29 is 4.79 Å². The number of carbonyl (C=O) groups excluding carboxylic acids is 1. The first-order valence-corrected chi connectivity index (χ1v) is 6.53. The van der Waals surface area contributed by atoms with Gasteiger partial charge in [0.1, 0.15) is 0 Å². The fourth-order valence-corrected chi connectivity index (χ4v) is 3.08. The topological polar surface area (TPSA) is 17.1 Å². The minimum atomic E-state index is 0.369. The molecule has 0 bridgehead atoms. The van der Waals surface area contributed by atoms with Gasteiger partial charge in [-0.25, -0.2) is 0 Å². The number of ketones is 1. The molecule has 0 atom stereocenters. The van der Waals surface area contributed by atoms with Crippen LogP contribution in [0.25, 0.3) is 0 Å². The minimum absolute atomic E-state index is 0.369. The Bertz CT molecular complexity index is 257. The molecule has 0 aromatic rings. The van der Waals surface area contributed by atoms with E-state index in [1.165, 1.54) is 44.1 Å². The number of hydrogen-bond acceptors (Lipinski definition) is 1. The normalized spacial score (nSPS) is 32.6. The lowest BCUT2D eigenvalue weighted by molar-refractivity contribution is -0.115. The van der Waals surface area contributed by atoms with E-state index in [1.807, 2.05) is 6.08 Å². The van der Waals surface area contributed by atoms with Gasteiger partial charge in [0.2, 0.25) is 0 Å². The van der Waals surface area contributed by atoms with Crippen LogP contribution in [0.1, 0.15) is 58.3 Å². The summed E-state index contributed by atoms with van der Waals surface area (Å²) in [6.45, 7) is 2.30. The third kappa shape index (κ3) is 2.70. The third-order valence-electron chi connectivity index (χ3n) is 4.18. The number of hydrogen-bond donors (Lipinski definition) is 0. The molecule has 0 unspecified atom stereocenters. The number of rotatable bonds is 2. The van der Waals surface area contributed by atoms with Crippen LogP contribution in [0.4, 0.5) is 0 Å². The summed E-state index contributed by atoms with van der Waals surface area (Å²) in [5, 5.41) is 0. The molecule has 0 aromatic carbocycles. The maximum Gasteiger partial charge on any atom is 0.155 e. The maximum absolute atomic E-state index is 11.4. The lowest BCUT2D eigenvalue weighted by Gasteiger charge is -2.30. The summed E-state index contributed by atoms with van der Waals surface area (Å²) in [4.78, 5) is 11.4. The second-order valence-electron chi connectivity index (χ2n) is 5.17. The second-order valence-corrected chi connectivity index (χ2v) is 5.17. The van der Waals surface area contributed by atoms with Crippen molar-refractivity contribution in [2.24, 2.45) is 11.8 Å². The molecule has 15 heavy (non-hydrogen) atoms. The quantitative estimate of drug-likeness (QED) is 0.670. The molecule has 2 aliphatic carbocycles. The molecule has 0 aromatic heterocycles. The molecule has 0 heterocycles. The van der Waals surface area contributed by atoms with Gasteiger partial charge in [0, 0.05) is 6.42 Å². The predicted octanol–water partition coefficient (Wildman–Crippen LogP) is 3.88. The Morgan fingerprint density at radius 3 is 2.53 bits per heavy atom. The van der Waals surface area contributed by atoms with Crippen LogP contribution < -0.4 is 0 Å². The van der Waals surface area contributed by atoms with E-state index in [0.29, 0.717) is 5.78 Å². The first kappa shape index (κ1) is 10.9. The molecule has 0 spiro atoms. The Morgan fingerprint density at radius 2 is 1.93 bits per heavy atom. The van der Waals surface area contributed by atoms with Gasteiger partial charge in [-0.2, -0.15) is 0 Å². The van der Waals surface area contributed by atoms with Crippen molar-refractivity contribution in [3.05, 3.63) is 11.6 Å². The summed E-state index contributed by atoms with van der Waals surface area (Å²) in [5.41, 5.74) is 1.47. The molecule has 2 rings (SSSR count). The maximum atomic E-state index is 11.4. The van der Waals surface area contributed by atoms with Gasteiger partial charge in [-0.1, -0.05) is 18.9 Å². The fraction of sp³-hybridized carbons (Fsp3) is 0.786. The first-order chi connectivity index (χ1) is 7.29. The highest BCUT2D eigenvalue weighted by Gasteiger charge is 2.24. The number of carbonyl (C=O) groups is 1. The van der Waals surface area contributed by atoms with Gasteiger partial charge in [0.25, 0.3) is 0 Å². The monoisotopic (exact) mass is 206 g/mol. The van der Waals surface area contributed by atoms with Crippen molar-refractivity contribution in [2.75, 3.05) is 0 Å². The zero-order valence-corrected chi connectivity index (χ0v) is 9.80. The first-order valence-electron chi connectivity index (χ1n) is 6.53. The van der Waals surface area contributed by atoms with Gasteiger partial charge < -0.3 is 0 Å². The molecule has 0 saturated heterocycles. The molecule has 2 aliphatic rings. The summed E-state index contributed by atoms with van der Waals surface area (Å²) < 4.78 is 0. The molecule has 0 radical (unpaired) electrons. The van der Waals surface area contributed by atoms with Crippen LogP contribution in [-0.4, -0.2) is 5.78 Å². The molecule has 1 heteroatoms. The zero-order chi connectivity index (χ0) is 10.7. The summed E-state index contributed by atoms with van der Waals surface area (Å²) in [7, 11) is 0. The van der Waals surface area contributed by atoms with Gasteiger partial charge >= 0.3 is 0 Å². The lowest BCUT2D eigenvalue weighted by Crippen LogP contribution is -2.18. The largest absolute Gasteiger partial charge is 0.295 e. The van der Waals surface area contributed by atoms with E-state index in [1.54, 1.807) is 0 Å². The highest BCUT2D eigenvalue weighted by atomic mass is 16.1. The van der Waals surface area contributed by atoms with Crippen molar-refractivity contribution in [3.8, 4) is 0 Å². The molecular formula is C14H22O. The Balaban J connectivity index is 1.92. The minimum Gasteiger partial charge on any atom is -0.295 e. The van der Waals surface area contributed by atoms with Crippen molar-refractivity contribution in [3.63, 3.8) is 0 Å². The van der Waals surface area contributed by atoms with Crippen molar-refractivity contribution in [1.82, 2.24) is 0 Å². The van der Waals surface area contributed by atoms with Crippen LogP contribution in [0, 0.1) is 11.8 Å². The van der Waals surface area contributed by atoms with Crippen LogP contribution in [0.15, 0.2) is 11.6 Å². The predicted molar refractivity (Wildman–Crippen MR) is 62.7 cm³/mol. The van der Waals surface area contributed by atoms with E-state index >= 15 is 0 Å². The van der Waals surface area contributed by atoms with E-state index in [4.69, 9.17) is 0 Å². The summed E-state index contributed by atoms with van der Waals surface area (Å²) >= 11 is 0. The summed E-state index contributed by atoms with van der Waals surface area (Å²) in [5.74, 6) is 2.08. The Labute approximate surface area is 92.9 Å². The lowest BCUT2D eigenvalue weighted by atomic mass is 9.75. The summed E-state index contributed by atoms with van der Waals surface area (Å²) in [6, 6.07) is 0. The Kier molecular flexibility index (Phi) is 3.61. The zero-order valence-electron chi connectivity index (χ0n) is 9.80.